The second-order valence-corrected chi connectivity index (χ2v) is 6.99. The Hall–Kier alpha value is -5.08. The fourth-order valence-corrected chi connectivity index (χ4v) is 3.35. The van der Waals surface area contributed by atoms with Crippen LogP contribution >= 0.6 is 12.2 Å². The zero-order valence-electron chi connectivity index (χ0n) is 16.9. The van der Waals surface area contributed by atoms with Crippen molar-refractivity contribution in [3.8, 4) is 59.6 Å². The fraction of sp³-hybridized carbons (Fsp3) is 0. The molecule has 4 N–H and O–H groups in total. The number of fused-ring (bicyclic) bond motifs is 2. The molecule has 0 aliphatic heterocycles. The van der Waals surface area contributed by atoms with Gasteiger partial charge in [0.2, 0.25) is 0 Å². The molecule has 0 bridgehead atoms. The summed E-state index contributed by atoms with van der Waals surface area (Å²) in [6.45, 7) is 0. The van der Waals surface area contributed by atoms with Gasteiger partial charge in [-0.25, -0.2) is 0 Å². The quantitative estimate of drug-likeness (QED) is 0.278. The molecule has 4 aromatic rings. The van der Waals surface area contributed by atoms with E-state index in [0.29, 0.717) is 27.0 Å². The Bertz CT molecular complexity index is 1700. The van der Waals surface area contributed by atoms with Crippen molar-refractivity contribution in [2.24, 2.45) is 0 Å². The number of hydrogen-bond donors (Lipinski definition) is 4. The molecule has 1 heterocycles. The van der Waals surface area contributed by atoms with Crippen LogP contribution < -0.4 is 10.1 Å². The number of H-pyrrole nitrogens is 2. The van der Waals surface area contributed by atoms with Gasteiger partial charge in [-0.15, -0.1) is 6.42 Å². The number of phenols is 1. The van der Waals surface area contributed by atoms with Crippen LogP contribution in [0.4, 0.5) is 5.69 Å². The molecule has 0 spiro atoms. The van der Waals surface area contributed by atoms with Gasteiger partial charge < -0.3 is 25.1 Å². The number of carbonyl (C=O) groups is 1. The molecule has 1 aromatic heterocycles. The Balaban J connectivity index is 1.67. The third kappa shape index (κ3) is 4.66. The van der Waals surface area contributed by atoms with Gasteiger partial charge in [0, 0.05) is 34.2 Å². The summed E-state index contributed by atoms with van der Waals surface area (Å²) in [6.07, 6.45) is 7.47. The molecule has 0 atom stereocenters. The smallest absolute Gasteiger partial charge is 0.259 e. The lowest BCUT2D eigenvalue weighted by Gasteiger charge is -2.12. The number of amides is 1. The fourth-order valence-electron chi connectivity index (χ4n) is 3.13. The Morgan fingerprint density at radius 3 is 2.52 bits per heavy atom. The van der Waals surface area contributed by atoms with Gasteiger partial charge in [0.05, 0.1) is 16.6 Å². The van der Waals surface area contributed by atoms with Crippen molar-refractivity contribution in [3.63, 3.8) is 0 Å². The summed E-state index contributed by atoms with van der Waals surface area (Å²) >= 11 is 5.09. The molecule has 0 unspecified atom stereocenters. The molecule has 0 aliphatic carbocycles. The summed E-state index contributed by atoms with van der Waals surface area (Å²) < 4.78 is 6.00. The number of imidazole rings is 1. The van der Waals surface area contributed by atoms with E-state index in [0.717, 1.165) is 11.0 Å². The normalized spacial score (nSPS) is 9.42. The van der Waals surface area contributed by atoms with Crippen LogP contribution in [0.1, 0.15) is 10.4 Å². The van der Waals surface area contributed by atoms with Crippen molar-refractivity contribution < 1.29 is 14.6 Å². The topological polar surface area (TPSA) is 90.1 Å². The number of carbonyl (C=O) groups excluding carboxylic acids is 1. The van der Waals surface area contributed by atoms with Crippen LogP contribution in [0, 0.1) is 52.8 Å². The van der Waals surface area contributed by atoms with Crippen LogP contribution in [0.3, 0.4) is 0 Å². The molecule has 4 rings (SSSR count). The van der Waals surface area contributed by atoms with Crippen molar-refractivity contribution in [1.82, 2.24) is 9.97 Å². The van der Waals surface area contributed by atoms with Gasteiger partial charge in [-0.2, -0.15) is 0 Å². The van der Waals surface area contributed by atoms with Crippen LogP contribution in [-0.2, 0) is 0 Å². The van der Waals surface area contributed by atoms with Gasteiger partial charge in [0.1, 0.15) is 17.6 Å². The SMILES string of the molecule is C#CC#CC#CC#COc1cc(C(=O)Nc2ccc3[nH]c(=S)[nH]c3c2)c(O)c2ccccc12. The Morgan fingerprint density at radius 1 is 0.970 bits per heavy atom. The average molecular weight is 447 g/mol. The highest BCUT2D eigenvalue weighted by molar-refractivity contribution is 7.71. The number of benzene rings is 3. The van der Waals surface area contributed by atoms with Crippen molar-refractivity contribution in [1.29, 1.82) is 0 Å². The number of hydrogen-bond acceptors (Lipinski definition) is 4. The third-order valence-corrected chi connectivity index (χ3v) is 4.73. The monoisotopic (exact) mass is 447 g/mol. The predicted octanol–water partition coefficient (Wildman–Crippen LogP) is 4.32. The standard InChI is InChI=1S/C26H13N3O3S/c1-2-3-4-5-6-9-14-32-23-16-20(24(30)19-11-8-7-10-18(19)23)25(31)27-17-12-13-21-22(15-17)29-26(33)28-21/h1,7-8,10-13,15-16,30H,(H,27,31)(H2,28,29,33). The maximum absolute atomic E-state index is 13.0. The summed E-state index contributed by atoms with van der Waals surface area (Å²) in [5.41, 5.74) is 2.11. The Morgan fingerprint density at radius 2 is 1.70 bits per heavy atom. The zero-order valence-corrected chi connectivity index (χ0v) is 17.7. The van der Waals surface area contributed by atoms with Gasteiger partial charge in [0.25, 0.3) is 5.91 Å². The summed E-state index contributed by atoms with van der Waals surface area (Å²) in [6, 6.07) is 13.6. The lowest BCUT2D eigenvalue weighted by atomic mass is 10.0. The molecule has 156 valence electrons. The number of rotatable bonds is 3. The molecule has 3 aromatic carbocycles. The number of phenolic OH excluding ortho intramolecular Hbond substituents is 1. The molecule has 1 amide bonds. The van der Waals surface area contributed by atoms with Crippen LogP contribution in [0.5, 0.6) is 11.5 Å². The molecular weight excluding hydrogens is 434 g/mol. The molecule has 6 nitrogen and oxygen atoms in total. The molecule has 0 fully saturated rings. The first-order valence-electron chi connectivity index (χ1n) is 9.47. The maximum Gasteiger partial charge on any atom is 0.259 e. The molecule has 0 aliphatic rings. The number of anilines is 1. The molecule has 7 heteroatoms. The van der Waals surface area contributed by atoms with E-state index >= 15 is 0 Å². The number of aromatic hydroxyl groups is 1. The average Bonchev–Trinajstić information content (AvgIpc) is 3.19. The zero-order chi connectivity index (χ0) is 23.2. The molecular formula is C26H13N3O3S. The first kappa shape index (κ1) is 21.2. The van der Waals surface area contributed by atoms with E-state index < -0.39 is 5.91 Å². The molecule has 0 saturated carbocycles. The second kappa shape index (κ2) is 9.38. The summed E-state index contributed by atoms with van der Waals surface area (Å²) in [5, 5.41) is 14.6. The van der Waals surface area contributed by atoms with Crippen LogP contribution in [0.25, 0.3) is 21.8 Å². The van der Waals surface area contributed by atoms with Crippen LogP contribution in [0.2, 0.25) is 0 Å². The van der Waals surface area contributed by atoms with E-state index in [1.54, 1.807) is 42.5 Å². The number of ether oxygens (including phenoxy) is 1. The van der Waals surface area contributed by atoms with Gasteiger partial charge in [-0.1, -0.05) is 24.3 Å². The van der Waals surface area contributed by atoms with E-state index in [1.165, 1.54) is 6.07 Å². The summed E-state index contributed by atoms with van der Waals surface area (Å²) in [5.74, 6) is 14.0. The minimum atomic E-state index is -0.520. The molecule has 33 heavy (non-hydrogen) atoms. The van der Waals surface area contributed by atoms with E-state index in [2.05, 4.69) is 56.9 Å². The van der Waals surface area contributed by atoms with Gasteiger partial charge >= 0.3 is 0 Å². The largest absolute Gasteiger partial charge is 0.506 e. The van der Waals surface area contributed by atoms with E-state index in [4.69, 9.17) is 23.4 Å². The Kier molecular flexibility index (Phi) is 6.01. The van der Waals surface area contributed by atoms with Crippen molar-refractivity contribution >= 4 is 45.6 Å². The van der Waals surface area contributed by atoms with Crippen molar-refractivity contribution in [2.45, 2.75) is 0 Å². The third-order valence-electron chi connectivity index (χ3n) is 4.53. The van der Waals surface area contributed by atoms with Gasteiger partial charge in [0.15, 0.2) is 4.77 Å². The Labute approximate surface area is 194 Å². The number of nitrogens with one attached hydrogen (secondary N) is 3. The van der Waals surface area contributed by atoms with Gasteiger partial charge in [-0.05, 0) is 54.2 Å². The molecule has 0 saturated heterocycles. The first-order chi connectivity index (χ1) is 16.1. The highest BCUT2D eigenvalue weighted by Crippen LogP contribution is 2.36. The lowest BCUT2D eigenvalue weighted by molar-refractivity contribution is 0.102. The maximum atomic E-state index is 13.0. The predicted molar refractivity (Wildman–Crippen MR) is 130 cm³/mol. The number of aromatic nitrogens is 2. The summed E-state index contributed by atoms with van der Waals surface area (Å²) in [4.78, 5) is 19.0. The van der Waals surface area contributed by atoms with Crippen molar-refractivity contribution in [3.05, 3.63) is 58.9 Å². The number of terminal acetylenes is 1. The number of aromatic amines is 2. The highest BCUT2D eigenvalue weighted by atomic mass is 32.1. The van der Waals surface area contributed by atoms with E-state index in [9.17, 15) is 9.90 Å². The van der Waals surface area contributed by atoms with E-state index in [-0.39, 0.29) is 11.3 Å². The first-order valence-corrected chi connectivity index (χ1v) is 9.88. The highest BCUT2D eigenvalue weighted by Gasteiger charge is 2.18. The minimum absolute atomic E-state index is 0.0265. The van der Waals surface area contributed by atoms with Crippen molar-refractivity contribution in [2.75, 3.05) is 5.32 Å². The summed E-state index contributed by atoms with van der Waals surface area (Å²) in [7, 11) is 0. The lowest BCUT2D eigenvalue weighted by Crippen LogP contribution is -2.12. The van der Waals surface area contributed by atoms with E-state index in [1.807, 2.05) is 0 Å². The molecule has 0 radical (unpaired) electrons. The van der Waals surface area contributed by atoms with Gasteiger partial charge in [-0.3, -0.25) is 4.79 Å². The van der Waals surface area contributed by atoms with Crippen LogP contribution in [0.15, 0.2) is 48.5 Å². The second-order valence-electron chi connectivity index (χ2n) is 6.58. The minimum Gasteiger partial charge on any atom is -0.506 e. The van der Waals surface area contributed by atoms with Crippen LogP contribution in [-0.4, -0.2) is 21.0 Å².